The molecule has 3 aromatic rings. The van der Waals surface area contributed by atoms with Gasteiger partial charge in [-0.1, -0.05) is 23.2 Å². The van der Waals surface area contributed by atoms with Gasteiger partial charge in [0.25, 0.3) is 5.91 Å². The van der Waals surface area contributed by atoms with E-state index in [1.165, 1.54) is 18.0 Å². The highest BCUT2D eigenvalue weighted by molar-refractivity contribution is 8.00. The van der Waals surface area contributed by atoms with Gasteiger partial charge in [-0.15, -0.1) is 11.8 Å². The first kappa shape index (κ1) is 20.5. The Morgan fingerprint density at radius 3 is 2.68 bits per heavy atom. The van der Waals surface area contributed by atoms with E-state index < -0.39 is 0 Å². The van der Waals surface area contributed by atoms with Gasteiger partial charge in [0.15, 0.2) is 0 Å². The Labute approximate surface area is 177 Å². The summed E-state index contributed by atoms with van der Waals surface area (Å²) < 4.78 is 5.19. The molecule has 0 fully saturated rings. The number of rotatable bonds is 6. The van der Waals surface area contributed by atoms with Crippen molar-refractivity contribution in [3.63, 3.8) is 0 Å². The second kappa shape index (κ2) is 9.28. The van der Waals surface area contributed by atoms with Crippen molar-refractivity contribution in [1.82, 2.24) is 10.4 Å². The smallest absolute Gasteiger partial charge is 0.253 e. The summed E-state index contributed by atoms with van der Waals surface area (Å²) in [6, 6.07) is 14.7. The first-order valence-corrected chi connectivity index (χ1v) is 9.99. The minimum Gasteiger partial charge on any atom is -0.497 e. The molecule has 1 aromatic heterocycles. The maximum atomic E-state index is 12.2. The molecule has 0 aliphatic rings. The van der Waals surface area contributed by atoms with Crippen molar-refractivity contribution < 1.29 is 9.53 Å². The van der Waals surface area contributed by atoms with Crippen LogP contribution in [-0.4, -0.2) is 29.5 Å². The minimum atomic E-state index is -0.323. The van der Waals surface area contributed by atoms with Crippen LogP contribution in [0.4, 0.5) is 0 Å². The zero-order valence-corrected chi connectivity index (χ0v) is 17.5. The summed E-state index contributed by atoms with van der Waals surface area (Å²) in [6.45, 7) is 1.81. The Bertz CT molecular complexity index is 1030. The number of nitrogens with one attached hydrogen (secondary N) is 1. The maximum Gasteiger partial charge on any atom is 0.253 e. The Morgan fingerprint density at radius 2 is 1.96 bits per heavy atom. The van der Waals surface area contributed by atoms with Crippen LogP contribution in [0.15, 0.2) is 58.5 Å². The first-order chi connectivity index (χ1) is 13.5. The van der Waals surface area contributed by atoms with Gasteiger partial charge in [0.2, 0.25) is 0 Å². The highest BCUT2D eigenvalue weighted by atomic mass is 35.5. The van der Waals surface area contributed by atoms with E-state index in [0.29, 0.717) is 21.5 Å². The van der Waals surface area contributed by atoms with Crippen LogP contribution in [0.3, 0.4) is 0 Å². The molecule has 0 radical (unpaired) electrons. The highest BCUT2D eigenvalue weighted by Crippen LogP contribution is 2.25. The average Bonchev–Trinajstić information content (AvgIpc) is 2.69. The number of ether oxygens (including phenoxy) is 1. The predicted octanol–water partition coefficient (Wildman–Crippen LogP) is 5.18. The van der Waals surface area contributed by atoms with Gasteiger partial charge < -0.3 is 4.74 Å². The third-order valence-corrected chi connectivity index (χ3v) is 5.55. The Morgan fingerprint density at radius 1 is 1.21 bits per heavy atom. The van der Waals surface area contributed by atoms with Crippen molar-refractivity contribution in [2.75, 3.05) is 7.11 Å². The molecule has 0 aliphatic heterocycles. The molecule has 0 saturated carbocycles. The molecule has 1 heterocycles. The van der Waals surface area contributed by atoms with Gasteiger partial charge in [0.05, 0.1) is 24.1 Å². The molecule has 1 amide bonds. The monoisotopic (exact) mass is 433 g/mol. The van der Waals surface area contributed by atoms with E-state index in [1.807, 2.05) is 37.3 Å². The van der Waals surface area contributed by atoms with Crippen LogP contribution >= 0.6 is 35.0 Å². The molecular weight excluding hydrogens is 417 g/mol. The number of hydrogen-bond donors (Lipinski definition) is 1. The molecule has 28 heavy (non-hydrogen) atoms. The van der Waals surface area contributed by atoms with Crippen LogP contribution < -0.4 is 10.2 Å². The van der Waals surface area contributed by atoms with E-state index in [1.54, 1.807) is 25.3 Å². The number of methoxy groups -OCH3 is 1. The van der Waals surface area contributed by atoms with Crippen LogP contribution in [0.5, 0.6) is 5.75 Å². The van der Waals surface area contributed by atoms with E-state index in [0.717, 1.165) is 15.8 Å². The maximum absolute atomic E-state index is 12.2. The summed E-state index contributed by atoms with van der Waals surface area (Å²) in [5.41, 5.74) is 3.86. The van der Waals surface area contributed by atoms with Gasteiger partial charge in [0, 0.05) is 26.9 Å². The van der Waals surface area contributed by atoms with E-state index in [-0.39, 0.29) is 11.2 Å². The number of hydrazone groups is 1. The average molecular weight is 434 g/mol. The van der Waals surface area contributed by atoms with Crippen LogP contribution in [0.25, 0.3) is 10.9 Å². The fraction of sp³-hybridized carbons (Fsp3) is 0.150. The number of pyridine rings is 1. The summed E-state index contributed by atoms with van der Waals surface area (Å²) >= 11 is 13.5. The lowest BCUT2D eigenvalue weighted by atomic mass is 10.1. The second-order valence-electron chi connectivity index (χ2n) is 5.88. The topological polar surface area (TPSA) is 63.6 Å². The van der Waals surface area contributed by atoms with E-state index in [9.17, 15) is 4.79 Å². The Balaban J connectivity index is 1.65. The number of benzene rings is 2. The van der Waals surface area contributed by atoms with Crippen LogP contribution in [0.2, 0.25) is 10.2 Å². The lowest BCUT2D eigenvalue weighted by Gasteiger charge is -2.09. The quantitative estimate of drug-likeness (QED) is 0.251. The number of halogens is 2. The number of carbonyl (C=O) groups is 1. The summed E-state index contributed by atoms with van der Waals surface area (Å²) in [4.78, 5) is 17.5. The molecule has 0 unspecified atom stereocenters. The molecule has 3 rings (SSSR count). The molecule has 144 valence electrons. The summed E-state index contributed by atoms with van der Waals surface area (Å²) in [5.74, 6) is 0.489. The van der Waals surface area contributed by atoms with Crippen LogP contribution in [-0.2, 0) is 4.79 Å². The van der Waals surface area contributed by atoms with Crippen molar-refractivity contribution >= 4 is 58.0 Å². The zero-order valence-electron chi connectivity index (χ0n) is 15.1. The molecule has 0 aliphatic carbocycles. The third-order valence-electron chi connectivity index (χ3n) is 3.88. The molecule has 0 saturated heterocycles. The van der Waals surface area contributed by atoms with Gasteiger partial charge in [0.1, 0.15) is 10.9 Å². The molecule has 1 N–H and O–H groups in total. The number of aromatic nitrogens is 1. The molecule has 2 aromatic carbocycles. The second-order valence-corrected chi connectivity index (χ2v) is 8.08. The number of nitrogens with zero attached hydrogens (tertiary/aromatic N) is 2. The summed E-state index contributed by atoms with van der Waals surface area (Å²) in [6.07, 6.45) is 1.48. The number of amides is 1. The van der Waals surface area contributed by atoms with Crippen molar-refractivity contribution in [3.05, 3.63) is 64.3 Å². The number of hydrogen-bond acceptors (Lipinski definition) is 5. The fourth-order valence-corrected chi connectivity index (χ4v) is 3.57. The fourth-order valence-electron chi connectivity index (χ4n) is 2.38. The van der Waals surface area contributed by atoms with Crippen LogP contribution in [0, 0.1) is 0 Å². The minimum absolute atomic E-state index is 0.217. The van der Waals surface area contributed by atoms with Gasteiger partial charge in [-0.3, -0.25) is 4.79 Å². The van der Waals surface area contributed by atoms with Crippen molar-refractivity contribution in [2.45, 2.75) is 17.1 Å². The Kier molecular flexibility index (Phi) is 6.78. The molecular formula is C20H17Cl2N3O2S. The molecule has 0 spiro atoms. The molecule has 0 bridgehead atoms. The van der Waals surface area contributed by atoms with Crippen LogP contribution in [0.1, 0.15) is 12.5 Å². The highest BCUT2D eigenvalue weighted by Gasteiger charge is 2.13. The van der Waals surface area contributed by atoms with E-state index in [4.69, 9.17) is 27.9 Å². The molecule has 8 heteroatoms. The van der Waals surface area contributed by atoms with E-state index in [2.05, 4.69) is 15.5 Å². The van der Waals surface area contributed by atoms with E-state index >= 15 is 0 Å². The largest absolute Gasteiger partial charge is 0.497 e. The number of thioether (sulfide) groups is 1. The van der Waals surface area contributed by atoms with Gasteiger partial charge in [-0.2, -0.15) is 5.10 Å². The van der Waals surface area contributed by atoms with Gasteiger partial charge in [-0.25, -0.2) is 10.4 Å². The summed E-state index contributed by atoms with van der Waals surface area (Å²) in [5, 5.41) is 5.53. The number of fused-ring (bicyclic) bond motifs is 1. The van der Waals surface area contributed by atoms with Gasteiger partial charge >= 0.3 is 0 Å². The third kappa shape index (κ3) is 5.16. The van der Waals surface area contributed by atoms with Crippen molar-refractivity contribution in [1.29, 1.82) is 0 Å². The van der Waals surface area contributed by atoms with Crippen molar-refractivity contribution in [3.8, 4) is 5.75 Å². The zero-order chi connectivity index (χ0) is 20.1. The Hall–Kier alpha value is -2.28. The number of carbonyl (C=O) groups excluding carboxylic acids is 1. The first-order valence-electron chi connectivity index (χ1n) is 8.35. The lowest BCUT2D eigenvalue weighted by molar-refractivity contribution is -0.120. The van der Waals surface area contributed by atoms with Crippen molar-refractivity contribution in [2.24, 2.45) is 5.10 Å². The molecule has 5 nitrogen and oxygen atoms in total. The normalized spacial score (nSPS) is 12.3. The summed E-state index contributed by atoms with van der Waals surface area (Å²) in [7, 11) is 1.60. The predicted molar refractivity (Wildman–Crippen MR) is 116 cm³/mol. The lowest BCUT2D eigenvalue weighted by Crippen LogP contribution is -2.26. The van der Waals surface area contributed by atoms with Gasteiger partial charge in [-0.05, 0) is 49.4 Å². The molecule has 1 atom stereocenters. The SMILES string of the molecule is COc1ccc2cc(/C=N\NC(=O)[C@@H](C)Sc3ccc(Cl)cc3)c(Cl)nc2c1. The standard InChI is InChI=1S/C20H17Cl2N3O2S/c1-12(28-17-7-4-15(21)5-8-17)20(26)25-23-11-14-9-13-3-6-16(27-2)10-18(13)24-19(14)22/h3-12H,1-2H3,(H,25,26)/b23-11-/t12-/m1/s1.